The Hall–Kier alpha value is -3.53. The van der Waals surface area contributed by atoms with Gasteiger partial charge >= 0.3 is 11.9 Å². The molecular formula is C86H155NO8. The summed E-state index contributed by atoms with van der Waals surface area (Å²) >= 11 is 0. The number of aliphatic carboxylic acids is 1. The number of quaternary nitrogens is 1. The van der Waals surface area contributed by atoms with E-state index in [0.29, 0.717) is 23.9 Å². The van der Waals surface area contributed by atoms with Crippen LogP contribution in [0.2, 0.25) is 0 Å². The zero-order valence-corrected chi connectivity index (χ0v) is 63.3. The Kier molecular flexibility index (Phi) is 73.4. The summed E-state index contributed by atoms with van der Waals surface area (Å²) in [5, 5.41) is 11.9. The standard InChI is InChI=1S/C86H155NO8/c1-6-8-10-12-14-16-18-20-22-24-26-28-30-32-34-36-37-38-39-40-41-42-43-44-45-46-47-49-51-53-55-57-59-61-63-65-67-69-71-73-75-77-84(89)95-82(81-94-86(85(90)91)92-79-78-87(3,4)5)80-93-83(88)76-74-72-70-68-66-64-62-60-58-56-54-52-50-48-35-33-31-29-27-25-23-21-19-17-15-13-11-9-7-2/h8,10,14,16,20,22,26,28,32,34,37-38,40-41,82,86H,6-7,9,11-13,15,17-19,21,23-25,27,29-31,33,35-36,39,42-81H2,1-5H3/b10-8-,16-14-,22-20-,28-26-,34-32-,38-37-,41-40-. The molecule has 0 saturated carbocycles. The van der Waals surface area contributed by atoms with Crippen LogP contribution in [0.15, 0.2) is 85.1 Å². The van der Waals surface area contributed by atoms with Crippen LogP contribution in [0.5, 0.6) is 0 Å². The van der Waals surface area contributed by atoms with Crippen LogP contribution >= 0.6 is 0 Å². The molecule has 9 nitrogen and oxygen atoms in total. The molecule has 0 amide bonds. The number of hydrogen-bond acceptors (Lipinski definition) is 8. The van der Waals surface area contributed by atoms with E-state index in [4.69, 9.17) is 18.9 Å². The molecule has 0 rings (SSSR count). The van der Waals surface area contributed by atoms with E-state index in [-0.39, 0.29) is 32.2 Å². The maximum absolute atomic E-state index is 13.0. The lowest BCUT2D eigenvalue weighted by Crippen LogP contribution is -2.44. The molecule has 0 fully saturated rings. The van der Waals surface area contributed by atoms with E-state index in [1.165, 1.54) is 276 Å². The SMILES string of the molecule is CC/C=C\C/C=C\C/C=C\C/C=C\C/C=C\C/C=C\C/C=C\CCCCCCCCCCCCCCCCCCCCCC(=O)OC(COC(=O)CCCCCCCCCCCCCCCCCCCCCCCCCCCCCCC)COC(OCC[N+](C)(C)C)C(=O)[O-]. The van der Waals surface area contributed by atoms with Crippen LogP contribution in [0.4, 0.5) is 0 Å². The van der Waals surface area contributed by atoms with Gasteiger partial charge in [0.2, 0.25) is 0 Å². The molecule has 0 spiro atoms. The van der Waals surface area contributed by atoms with E-state index < -0.39 is 24.3 Å². The van der Waals surface area contributed by atoms with Gasteiger partial charge in [-0.2, -0.15) is 0 Å². The largest absolute Gasteiger partial charge is 0.545 e. The number of esters is 2. The number of allylic oxidation sites excluding steroid dienone is 14. The second-order valence-electron chi connectivity index (χ2n) is 28.7. The van der Waals surface area contributed by atoms with E-state index in [0.717, 1.165) is 77.0 Å². The molecule has 0 aliphatic carbocycles. The summed E-state index contributed by atoms with van der Waals surface area (Å²) in [5.41, 5.74) is 0. The fourth-order valence-electron chi connectivity index (χ4n) is 12.0. The predicted octanol–water partition coefficient (Wildman–Crippen LogP) is 24.8. The summed E-state index contributed by atoms with van der Waals surface area (Å²) < 4.78 is 22.9. The number of likely N-dealkylation sites (N-methyl/N-ethyl adjacent to an activating group) is 1. The molecule has 552 valence electrons. The van der Waals surface area contributed by atoms with Gasteiger partial charge in [-0.25, -0.2) is 0 Å². The average Bonchev–Trinajstić information content (AvgIpc) is 3.54. The van der Waals surface area contributed by atoms with Gasteiger partial charge in [-0.3, -0.25) is 9.59 Å². The molecule has 0 aromatic heterocycles. The van der Waals surface area contributed by atoms with Crippen molar-refractivity contribution in [2.45, 2.75) is 399 Å². The summed E-state index contributed by atoms with van der Waals surface area (Å²) in [6.07, 6.45) is 101. The van der Waals surface area contributed by atoms with Crippen LogP contribution in [-0.4, -0.2) is 82.3 Å². The topological polar surface area (TPSA) is 111 Å². The van der Waals surface area contributed by atoms with Crippen molar-refractivity contribution in [3.63, 3.8) is 0 Å². The molecule has 0 N–H and O–H groups in total. The van der Waals surface area contributed by atoms with Gasteiger partial charge < -0.3 is 33.3 Å². The molecule has 0 saturated heterocycles. The normalized spacial score (nSPS) is 13.1. The minimum Gasteiger partial charge on any atom is -0.545 e. The Morgan fingerprint density at radius 2 is 0.600 bits per heavy atom. The van der Waals surface area contributed by atoms with Gasteiger partial charge in [0.05, 0.1) is 40.3 Å². The van der Waals surface area contributed by atoms with Gasteiger partial charge in [0.15, 0.2) is 12.4 Å². The predicted molar refractivity (Wildman–Crippen MR) is 408 cm³/mol. The third-order valence-electron chi connectivity index (χ3n) is 18.2. The first-order valence-corrected chi connectivity index (χ1v) is 40.7. The van der Waals surface area contributed by atoms with Gasteiger partial charge in [-0.05, 0) is 70.6 Å². The van der Waals surface area contributed by atoms with Gasteiger partial charge in [-0.15, -0.1) is 0 Å². The second kappa shape index (κ2) is 76.2. The van der Waals surface area contributed by atoms with Crippen LogP contribution < -0.4 is 5.11 Å². The first-order chi connectivity index (χ1) is 46.6. The Bertz CT molecular complexity index is 1840. The van der Waals surface area contributed by atoms with Crippen molar-refractivity contribution < 1.29 is 42.9 Å². The summed E-state index contributed by atoms with van der Waals surface area (Å²) in [6, 6.07) is 0. The molecule has 95 heavy (non-hydrogen) atoms. The summed E-state index contributed by atoms with van der Waals surface area (Å²) in [6.45, 7) is 4.70. The van der Waals surface area contributed by atoms with Crippen LogP contribution in [0.1, 0.15) is 386 Å². The third kappa shape index (κ3) is 77.7. The highest BCUT2D eigenvalue weighted by Crippen LogP contribution is 2.20. The summed E-state index contributed by atoms with van der Waals surface area (Å²) in [7, 11) is 5.95. The van der Waals surface area contributed by atoms with E-state index in [9.17, 15) is 19.5 Å². The van der Waals surface area contributed by atoms with Crippen molar-refractivity contribution in [1.29, 1.82) is 0 Å². The lowest BCUT2D eigenvalue weighted by Gasteiger charge is -2.26. The van der Waals surface area contributed by atoms with Crippen molar-refractivity contribution in [2.75, 3.05) is 47.5 Å². The minimum absolute atomic E-state index is 0.149. The van der Waals surface area contributed by atoms with Gasteiger partial charge in [0, 0.05) is 12.8 Å². The Labute approximate surface area is 589 Å². The number of nitrogens with zero attached hydrogens (tertiary/aromatic N) is 1. The van der Waals surface area contributed by atoms with Crippen molar-refractivity contribution >= 4 is 17.9 Å². The lowest BCUT2D eigenvalue weighted by atomic mass is 10.0. The Morgan fingerprint density at radius 3 is 0.895 bits per heavy atom. The first-order valence-electron chi connectivity index (χ1n) is 40.7. The number of unbranched alkanes of at least 4 members (excludes halogenated alkanes) is 47. The number of carbonyl (C=O) groups excluding carboxylic acids is 3. The monoisotopic (exact) mass is 1330 g/mol. The van der Waals surface area contributed by atoms with Crippen molar-refractivity contribution in [2.24, 2.45) is 0 Å². The van der Waals surface area contributed by atoms with E-state index in [2.05, 4.69) is 98.9 Å². The van der Waals surface area contributed by atoms with E-state index >= 15 is 0 Å². The van der Waals surface area contributed by atoms with Gasteiger partial charge in [0.1, 0.15) is 13.2 Å². The molecule has 9 heteroatoms. The van der Waals surface area contributed by atoms with Crippen LogP contribution in [0.25, 0.3) is 0 Å². The summed E-state index contributed by atoms with van der Waals surface area (Å²) in [5.74, 6) is -2.25. The van der Waals surface area contributed by atoms with Crippen molar-refractivity contribution in [3.05, 3.63) is 85.1 Å². The lowest BCUT2D eigenvalue weighted by molar-refractivity contribution is -0.870. The zero-order valence-electron chi connectivity index (χ0n) is 63.3. The molecule has 0 aromatic rings. The number of ether oxygens (including phenoxy) is 4. The Morgan fingerprint density at radius 1 is 0.326 bits per heavy atom. The van der Waals surface area contributed by atoms with E-state index in [1.807, 2.05) is 21.1 Å². The van der Waals surface area contributed by atoms with Crippen LogP contribution in [-0.2, 0) is 33.3 Å². The van der Waals surface area contributed by atoms with Crippen LogP contribution in [0, 0.1) is 0 Å². The molecule has 2 unspecified atom stereocenters. The van der Waals surface area contributed by atoms with E-state index in [1.54, 1.807) is 0 Å². The fraction of sp³-hybridized carbons (Fsp3) is 0.802. The van der Waals surface area contributed by atoms with Crippen molar-refractivity contribution in [3.8, 4) is 0 Å². The molecule has 0 aliphatic rings. The maximum atomic E-state index is 13.0. The molecule has 0 aliphatic heterocycles. The zero-order chi connectivity index (χ0) is 69.0. The Balaban J connectivity index is 3.98. The highest BCUT2D eigenvalue weighted by molar-refractivity contribution is 5.70. The highest BCUT2D eigenvalue weighted by atomic mass is 16.7. The molecule has 2 atom stereocenters. The molecule has 0 heterocycles. The molecule has 0 radical (unpaired) electrons. The highest BCUT2D eigenvalue weighted by Gasteiger charge is 2.22. The second-order valence-corrected chi connectivity index (χ2v) is 28.7. The van der Waals surface area contributed by atoms with Gasteiger partial charge in [-0.1, -0.05) is 388 Å². The number of rotatable bonds is 76. The molecule has 0 bridgehead atoms. The summed E-state index contributed by atoms with van der Waals surface area (Å²) in [4.78, 5) is 37.6. The van der Waals surface area contributed by atoms with Crippen molar-refractivity contribution in [1.82, 2.24) is 0 Å². The number of carboxylic acid groups (broad SMARTS) is 1. The fourth-order valence-corrected chi connectivity index (χ4v) is 12.0. The quantitative estimate of drug-likeness (QED) is 0.0195. The molecule has 0 aromatic carbocycles. The maximum Gasteiger partial charge on any atom is 0.306 e. The smallest absolute Gasteiger partial charge is 0.306 e. The number of hydrogen-bond donors (Lipinski definition) is 0. The average molecular weight is 1330 g/mol. The van der Waals surface area contributed by atoms with Crippen LogP contribution in [0.3, 0.4) is 0 Å². The first kappa shape index (κ1) is 91.5. The van der Waals surface area contributed by atoms with Gasteiger partial charge in [0.25, 0.3) is 0 Å². The number of carbonyl (C=O) groups is 3. The molecular weight excluding hydrogens is 1170 g/mol. The number of carboxylic acids is 1. The third-order valence-corrected chi connectivity index (χ3v) is 18.2. The minimum atomic E-state index is -1.62.